The van der Waals surface area contributed by atoms with Gasteiger partial charge in [0.1, 0.15) is 12.2 Å². The minimum atomic E-state index is -0.332. The number of hydrogen-bond acceptors (Lipinski definition) is 4. The average Bonchev–Trinajstić information content (AvgIpc) is 3.05. The molecule has 0 N–H and O–H groups in total. The van der Waals surface area contributed by atoms with Crippen molar-refractivity contribution >= 4 is 11.9 Å². The average molecular weight is 375 g/mol. The van der Waals surface area contributed by atoms with Crippen molar-refractivity contribution in [3.63, 3.8) is 0 Å². The number of ether oxygens (including phenoxy) is 2. The number of hydrogen-bond donors (Lipinski definition) is 0. The Morgan fingerprint density at radius 2 is 0.963 bits per heavy atom. The first-order chi connectivity index (χ1) is 13.2. The molecule has 3 fully saturated rings. The first kappa shape index (κ1) is 19.0. The van der Waals surface area contributed by atoms with Crippen LogP contribution < -0.4 is 0 Å². The highest BCUT2D eigenvalue weighted by atomic mass is 16.6. The van der Waals surface area contributed by atoms with E-state index in [2.05, 4.69) is 12.2 Å². The Bertz CT molecular complexity index is 505. The zero-order chi connectivity index (χ0) is 18.6. The van der Waals surface area contributed by atoms with Crippen LogP contribution in [0.1, 0.15) is 83.5 Å². The highest BCUT2D eigenvalue weighted by molar-refractivity contribution is 5.84. The summed E-state index contributed by atoms with van der Waals surface area (Å²) in [6.07, 6.45) is 18.6. The topological polar surface area (TPSA) is 52.6 Å². The van der Waals surface area contributed by atoms with Crippen LogP contribution in [-0.4, -0.2) is 24.1 Å². The molecule has 4 aliphatic carbocycles. The van der Waals surface area contributed by atoms with Crippen LogP contribution in [0, 0.1) is 23.7 Å². The van der Waals surface area contributed by atoms with Gasteiger partial charge in [0.25, 0.3) is 0 Å². The summed E-state index contributed by atoms with van der Waals surface area (Å²) < 4.78 is 11.8. The van der Waals surface area contributed by atoms with Crippen LogP contribution in [-0.2, 0) is 19.1 Å². The van der Waals surface area contributed by atoms with Crippen molar-refractivity contribution < 1.29 is 19.1 Å². The maximum Gasteiger partial charge on any atom is 0.310 e. The van der Waals surface area contributed by atoms with Gasteiger partial charge in [0.2, 0.25) is 0 Å². The van der Waals surface area contributed by atoms with E-state index in [4.69, 9.17) is 9.47 Å². The molecule has 3 saturated carbocycles. The fourth-order valence-corrected chi connectivity index (χ4v) is 5.67. The Hall–Kier alpha value is -1.32. The van der Waals surface area contributed by atoms with Crippen LogP contribution in [0.25, 0.3) is 0 Å². The predicted molar refractivity (Wildman–Crippen MR) is 103 cm³/mol. The molecule has 2 bridgehead atoms. The Morgan fingerprint density at radius 1 is 0.593 bits per heavy atom. The maximum absolute atomic E-state index is 13.0. The number of carbonyl (C=O) groups excluding carboxylic acids is 2. The first-order valence-corrected chi connectivity index (χ1v) is 11.3. The van der Waals surface area contributed by atoms with Gasteiger partial charge in [-0.3, -0.25) is 9.59 Å². The van der Waals surface area contributed by atoms with Crippen LogP contribution in [0.15, 0.2) is 12.2 Å². The van der Waals surface area contributed by atoms with Crippen molar-refractivity contribution in [1.82, 2.24) is 0 Å². The molecule has 4 atom stereocenters. The number of allylic oxidation sites excluding steroid dienone is 2. The normalized spacial score (nSPS) is 34.8. The van der Waals surface area contributed by atoms with Crippen molar-refractivity contribution in [3.05, 3.63) is 12.2 Å². The Labute approximate surface area is 163 Å². The molecule has 0 spiro atoms. The Morgan fingerprint density at radius 3 is 1.33 bits per heavy atom. The van der Waals surface area contributed by atoms with E-state index in [-0.39, 0.29) is 47.8 Å². The molecule has 0 saturated heterocycles. The second-order valence-corrected chi connectivity index (χ2v) is 9.10. The molecule has 150 valence electrons. The third kappa shape index (κ3) is 4.41. The van der Waals surface area contributed by atoms with Gasteiger partial charge in [-0.25, -0.2) is 0 Å². The molecule has 4 heteroatoms. The predicted octanol–water partition coefficient (Wildman–Crippen LogP) is 4.96. The molecule has 0 heterocycles. The van der Waals surface area contributed by atoms with Crippen molar-refractivity contribution in [2.24, 2.45) is 23.7 Å². The molecule has 0 amide bonds. The zero-order valence-electron chi connectivity index (χ0n) is 16.4. The molecule has 4 unspecified atom stereocenters. The summed E-state index contributed by atoms with van der Waals surface area (Å²) in [4.78, 5) is 26.0. The van der Waals surface area contributed by atoms with E-state index in [1.165, 1.54) is 25.7 Å². The Balaban J connectivity index is 1.40. The fraction of sp³-hybridized carbons (Fsp3) is 0.826. The van der Waals surface area contributed by atoms with E-state index in [9.17, 15) is 9.59 Å². The molecule has 0 aliphatic heterocycles. The fourth-order valence-electron chi connectivity index (χ4n) is 5.67. The van der Waals surface area contributed by atoms with Crippen LogP contribution in [0.5, 0.6) is 0 Å². The lowest BCUT2D eigenvalue weighted by Gasteiger charge is -2.28. The third-order valence-electron chi connectivity index (χ3n) is 7.17. The lowest BCUT2D eigenvalue weighted by Crippen LogP contribution is -2.38. The zero-order valence-corrected chi connectivity index (χ0v) is 16.4. The van der Waals surface area contributed by atoms with Crippen molar-refractivity contribution in [3.8, 4) is 0 Å². The van der Waals surface area contributed by atoms with Gasteiger partial charge < -0.3 is 9.47 Å². The molecule has 0 radical (unpaired) electrons. The second kappa shape index (κ2) is 8.79. The molecule has 27 heavy (non-hydrogen) atoms. The van der Waals surface area contributed by atoms with E-state index in [1.807, 2.05) is 0 Å². The summed E-state index contributed by atoms with van der Waals surface area (Å²) in [5.74, 6) is -0.661. The molecule has 4 nitrogen and oxygen atoms in total. The summed E-state index contributed by atoms with van der Waals surface area (Å²) in [5.41, 5.74) is 0. The monoisotopic (exact) mass is 374 g/mol. The minimum absolute atomic E-state index is 0.0432. The maximum atomic E-state index is 13.0. The van der Waals surface area contributed by atoms with E-state index in [1.54, 1.807) is 0 Å². The number of carbonyl (C=O) groups is 2. The van der Waals surface area contributed by atoms with Crippen LogP contribution in [0.2, 0.25) is 0 Å². The summed E-state index contributed by atoms with van der Waals surface area (Å²) in [6.45, 7) is 0. The lowest BCUT2D eigenvalue weighted by atomic mass is 9.83. The lowest BCUT2D eigenvalue weighted by molar-refractivity contribution is -0.168. The molecular weight excluding hydrogens is 340 g/mol. The van der Waals surface area contributed by atoms with Crippen LogP contribution >= 0.6 is 0 Å². The number of esters is 2. The summed E-state index contributed by atoms with van der Waals surface area (Å²) in [7, 11) is 0. The van der Waals surface area contributed by atoms with Gasteiger partial charge in [-0.1, -0.05) is 37.8 Å². The van der Waals surface area contributed by atoms with Gasteiger partial charge in [0.05, 0.1) is 11.8 Å². The number of rotatable bonds is 4. The van der Waals surface area contributed by atoms with Crippen molar-refractivity contribution in [1.29, 1.82) is 0 Å². The summed E-state index contributed by atoms with van der Waals surface area (Å²) in [6, 6.07) is 0. The molecule has 0 aromatic heterocycles. The van der Waals surface area contributed by atoms with Gasteiger partial charge in [0.15, 0.2) is 0 Å². The van der Waals surface area contributed by atoms with Crippen molar-refractivity contribution in [2.45, 2.75) is 95.7 Å². The van der Waals surface area contributed by atoms with Gasteiger partial charge in [-0.2, -0.15) is 0 Å². The largest absolute Gasteiger partial charge is 0.462 e. The molecule has 0 aromatic rings. The standard InChI is InChI=1S/C23H34O4/c24-22(26-18-9-5-1-2-6-10-18)20-16-13-14-17(15-16)21(20)23(25)27-19-11-7-3-4-8-12-19/h13-14,16-21H,1-12,15H2. The van der Waals surface area contributed by atoms with Gasteiger partial charge in [-0.15, -0.1) is 0 Å². The van der Waals surface area contributed by atoms with E-state index < -0.39 is 0 Å². The molecule has 4 rings (SSSR count). The van der Waals surface area contributed by atoms with E-state index >= 15 is 0 Å². The molecule has 0 aromatic carbocycles. The van der Waals surface area contributed by atoms with Crippen LogP contribution in [0.4, 0.5) is 0 Å². The first-order valence-electron chi connectivity index (χ1n) is 11.3. The summed E-state index contributed by atoms with van der Waals surface area (Å²) in [5, 5.41) is 0. The second-order valence-electron chi connectivity index (χ2n) is 9.10. The van der Waals surface area contributed by atoms with Gasteiger partial charge in [-0.05, 0) is 69.6 Å². The van der Waals surface area contributed by atoms with E-state index in [0.717, 1.165) is 57.8 Å². The third-order valence-corrected chi connectivity index (χ3v) is 7.17. The van der Waals surface area contributed by atoms with Gasteiger partial charge in [0, 0.05) is 0 Å². The highest BCUT2D eigenvalue weighted by Gasteiger charge is 2.53. The minimum Gasteiger partial charge on any atom is -0.462 e. The van der Waals surface area contributed by atoms with Gasteiger partial charge >= 0.3 is 11.9 Å². The van der Waals surface area contributed by atoms with Crippen LogP contribution in [0.3, 0.4) is 0 Å². The molecule has 4 aliphatic rings. The molecular formula is C23H34O4. The highest BCUT2D eigenvalue weighted by Crippen LogP contribution is 2.49. The summed E-state index contributed by atoms with van der Waals surface area (Å²) >= 11 is 0. The Kier molecular flexibility index (Phi) is 6.19. The van der Waals surface area contributed by atoms with Crippen molar-refractivity contribution in [2.75, 3.05) is 0 Å². The quantitative estimate of drug-likeness (QED) is 0.397. The SMILES string of the molecule is O=C(OC1CCCCCC1)C1C2C=CC(C2)C1C(=O)OC1CCCCCC1. The number of fused-ring (bicyclic) bond motifs is 2. The van der Waals surface area contributed by atoms with E-state index in [0.29, 0.717) is 0 Å². The smallest absolute Gasteiger partial charge is 0.310 e.